The van der Waals surface area contributed by atoms with E-state index in [0.717, 1.165) is 0 Å². The molecule has 0 aromatic heterocycles. The standard InChI is InChI=1S/C12H22O11.C2H2O4/c13-1-4-6(16)8(18)9(19)11(21-4)23-12(3-15)10(20)7(17)5(2-14)22-12;3-1(4)2(5)6/h4-11,13-20H,1-3H2;(H,3,4)(H,5,6)/t4-,5-,6-,7-,8+,9-,10+,11-,12+;/m1./s1. The van der Waals surface area contributed by atoms with E-state index in [1.165, 1.54) is 0 Å². The highest BCUT2D eigenvalue weighted by Gasteiger charge is 2.58. The van der Waals surface area contributed by atoms with Gasteiger partial charge in [0.25, 0.3) is 0 Å². The lowest BCUT2D eigenvalue weighted by atomic mass is 9.99. The maximum absolute atomic E-state index is 10.00. The third kappa shape index (κ3) is 5.56. The molecule has 2 saturated heterocycles. The predicted octanol–water partition coefficient (Wildman–Crippen LogP) is -6.24. The number of hydrogen-bond donors (Lipinski definition) is 10. The summed E-state index contributed by atoms with van der Waals surface area (Å²) in [4.78, 5) is 18.2. The highest BCUT2D eigenvalue weighted by atomic mass is 16.8. The molecule has 0 unspecified atom stereocenters. The van der Waals surface area contributed by atoms with Crippen LogP contribution in [0.25, 0.3) is 0 Å². The minimum Gasteiger partial charge on any atom is -0.473 e. The van der Waals surface area contributed by atoms with Crippen LogP contribution in [0.4, 0.5) is 0 Å². The molecule has 9 atom stereocenters. The van der Waals surface area contributed by atoms with Gasteiger partial charge in [-0.2, -0.15) is 0 Å². The van der Waals surface area contributed by atoms with Crippen LogP contribution in [0.3, 0.4) is 0 Å². The maximum atomic E-state index is 10.00. The van der Waals surface area contributed by atoms with Gasteiger partial charge in [-0.3, -0.25) is 0 Å². The number of carboxylic acid groups (broad SMARTS) is 2. The molecule has 2 fully saturated rings. The van der Waals surface area contributed by atoms with Gasteiger partial charge in [0.15, 0.2) is 6.29 Å². The van der Waals surface area contributed by atoms with Crippen molar-refractivity contribution in [2.75, 3.05) is 19.8 Å². The van der Waals surface area contributed by atoms with Crippen molar-refractivity contribution >= 4 is 11.9 Å². The summed E-state index contributed by atoms with van der Waals surface area (Å²) in [6.07, 6.45) is -12.7. The highest BCUT2D eigenvalue weighted by molar-refractivity contribution is 6.27. The molecular formula is C14H24O15. The average molecular weight is 432 g/mol. The van der Waals surface area contributed by atoms with Crippen LogP contribution in [0, 0.1) is 0 Å². The van der Waals surface area contributed by atoms with Crippen molar-refractivity contribution in [3.8, 4) is 0 Å². The van der Waals surface area contributed by atoms with Gasteiger partial charge in [-0.15, -0.1) is 0 Å². The molecule has 10 N–H and O–H groups in total. The summed E-state index contributed by atoms with van der Waals surface area (Å²) in [6, 6.07) is 0. The van der Waals surface area contributed by atoms with E-state index in [1.54, 1.807) is 0 Å². The van der Waals surface area contributed by atoms with Gasteiger partial charge < -0.3 is 65.3 Å². The van der Waals surface area contributed by atoms with E-state index in [0.29, 0.717) is 0 Å². The molecule has 2 rings (SSSR count). The zero-order chi connectivity index (χ0) is 22.5. The lowest BCUT2D eigenvalue weighted by Crippen LogP contribution is -2.62. The smallest absolute Gasteiger partial charge is 0.414 e. The Morgan fingerprint density at radius 1 is 0.793 bits per heavy atom. The Morgan fingerprint density at radius 2 is 1.31 bits per heavy atom. The normalized spacial score (nSPS) is 42.1. The predicted molar refractivity (Wildman–Crippen MR) is 83.9 cm³/mol. The van der Waals surface area contributed by atoms with E-state index >= 15 is 0 Å². The topological polar surface area (TPSA) is 264 Å². The quantitative estimate of drug-likeness (QED) is 0.181. The number of aliphatic hydroxyl groups is 8. The Kier molecular flexibility index (Phi) is 9.25. The summed E-state index contributed by atoms with van der Waals surface area (Å²) >= 11 is 0. The van der Waals surface area contributed by atoms with Crippen LogP contribution in [0.1, 0.15) is 0 Å². The molecule has 0 aromatic carbocycles. The van der Waals surface area contributed by atoms with Gasteiger partial charge >= 0.3 is 11.9 Å². The first-order chi connectivity index (χ1) is 13.4. The Morgan fingerprint density at radius 3 is 1.69 bits per heavy atom. The first-order valence-corrected chi connectivity index (χ1v) is 8.15. The molecule has 2 heterocycles. The van der Waals surface area contributed by atoms with E-state index in [1.807, 2.05) is 0 Å². The monoisotopic (exact) mass is 432 g/mol. The molecule has 15 heteroatoms. The van der Waals surface area contributed by atoms with E-state index in [-0.39, 0.29) is 0 Å². The fraction of sp³-hybridized carbons (Fsp3) is 0.857. The van der Waals surface area contributed by atoms with Gasteiger partial charge in [0, 0.05) is 0 Å². The maximum Gasteiger partial charge on any atom is 0.414 e. The van der Waals surface area contributed by atoms with Crippen molar-refractivity contribution in [1.82, 2.24) is 0 Å². The summed E-state index contributed by atoms with van der Waals surface area (Å²) in [5.74, 6) is -5.87. The Labute approximate surface area is 162 Å². The molecule has 170 valence electrons. The van der Waals surface area contributed by atoms with Crippen LogP contribution in [0.5, 0.6) is 0 Å². The highest BCUT2D eigenvalue weighted by Crippen LogP contribution is 2.35. The van der Waals surface area contributed by atoms with Crippen molar-refractivity contribution in [3.05, 3.63) is 0 Å². The summed E-state index contributed by atoms with van der Waals surface area (Å²) in [6.45, 7) is -2.32. The first kappa shape index (κ1) is 25.5. The SMILES string of the molecule is O=C(O)C(=O)O.OC[C@H]1O[C@@](CO)(O[C@H]2O[C@H](CO)[C@@H](O)[C@H](O)[C@H]2O)[C@@H](O)[C@@H]1O. The molecule has 0 aromatic rings. The second kappa shape index (κ2) is 10.5. The van der Waals surface area contributed by atoms with Crippen molar-refractivity contribution in [1.29, 1.82) is 0 Å². The summed E-state index contributed by atoms with van der Waals surface area (Å²) in [7, 11) is 0. The van der Waals surface area contributed by atoms with E-state index < -0.39 is 86.6 Å². The molecule has 29 heavy (non-hydrogen) atoms. The Bertz CT molecular complexity index is 543. The largest absolute Gasteiger partial charge is 0.473 e. The van der Waals surface area contributed by atoms with Crippen molar-refractivity contribution in [2.45, 2.75) is 54.8 Å². The van der Waals surface area contributed by atoms with Gasteiger partial charge in [-0.1, -0.05) is 0 Å². The third-order valence-corrected chi connectivity index (χ3v) is 4.25. The minimum absolute atomic E-state index is 0.669. The van der Waals surface area contributed by atoms with Crippen LogP contribution in [-0.2, 0) is 23.8 Å². The van der Waals surface area contributed by atoms with Crippen molar-refractivity contribution in [3.63, 3.8) is 0 Å². The zero-order valence-electron chi connectivity index (χ0n) is 14.8. The molecule has 0 spiro atoms. The number of aliphatic hydroxyl groups excluding tert-OH is 8. The third-order valence-electron chi connectivity index (χ3n) is 4.25. The number of ether oxygens (including phenoxy) is 3. The van der Waals surface area contributed by atoms with Crippen molar-refractivity contribution < 1.29 is 74.9 Å². The van der Waals surface area contributed by atoms with Gasteiger partial charge in [0.2, 0.25) is 5.79 Å². The Balaban J connectivity index is 0.000000612. The van der Waals surface area contributed by atoms with Crippen LogP contribution >= 0.6 is 0 Å². The van der Waals surface area contributed by atoms with Crippen LogP contribution < -0.4 is 0 Å². The molecule has 15 nitrogen and oxygen atoms in total. The molecule has 0 radical (unpaired) electrons. The van der Waals surface area contributed by atoms with Crippen LogP contribution in [-0.4, -0.2) is 138 Å². The number of rotatable bonds is 5. The van der Waals surface area contributed by atoms with Crippen molar-refractivity contribution in [2.24, 2.45) is 0 Å². The second-order valence-corrected chi connectivity index (χ2v) is 6.17. The van der Waals surface area contributed by atoms with Gasteiger partial charge in [-0.25, -0.2) is 9.59 Å². The number of carboxylic acids is 2. The lowest BCUT2D eigenvalue weighted by molar-refractivity contribution is -0.383. The fourth-order valence-electron chi connectivity index (χ4n) is 2.63. The average Bonchev–Trinajstić information content (AvgIpc) is 2.93. The molecule has 2 aliphatic heterocycles. The zero-order valence-corrected chi connectivity index (χ0v) is 14.8. The molecular weight excluding hydrogens is 408 g/mol. The Hall–Kier alpha value is -1.50. The first-order valence-electron chi connectivity index (χ1n) is 8.15. The minimum atomic E-state index is -2.22. The molecule has 0 amide bonds. The van der Waals surface area contributed by atoms with Gasteiger partial charge in [-0.05, 0) is 0 Å². The second-order valence-electron chi connectivity index (χ2n) is 6.17. The lowest BCUT2D eigenvalue weighted by Gasteiger charge is -2.43. The summed E-state index contributed by atoms with van der Waals surface area (Å²) in [5.41, 5.74) is 0. The van der Waals surface area contributed by atoms with Crippen LogP contribution in [0.15, 0.2) is 0 Å². The molecule has 0 aliphatic carbocycles. The summed E-state index contributed by atoms with van der Waals surface area (Å²) in [5, 5.41) is 91.4. The van der Waals surface area contributed by atoms with Gasteiger partial charge in [0.05, 0.1) is 13.2 Å². The van der Waals surface area contributed by atoms with E-state index in [9.17, 15) is 30.6 Å². The van der Waals surface area contributed by atoms with Gasteiger partial charge in [0.1, 0.15) is 49.3 Å². The summed E-state index contributed by atoms with van der Waals surface area (Å²) < 4.78 is 15.4. The fourth-order valence-corrected chi connectivity index (χ4v) is 2.63. The number of carbonyl (C=O) groups is 2. The van der Waals surface area contributed by atoms with E-state index in [4.69, 9.17) is 44.2 Å². The molecule has 0 bridgehead atoms. The molecule has 0 saturated carbocycles. The van der Waals surface area contributed by atoms with Crippen LogP contribution in [0.2, 0.25) is 0 Å². The van der Waals surface area contributed by atoms with E-state index in [2.05, 4.69) is 0 Å². The number of hydrogen-bond acceptors (Lipinski definition) is 13. The molecule has 2 aliphatic rings. The number of aliphatic carboxylic acids is 2.